The number of carbonyl (C=O) groups is 2. The predicted octanol–water partition coefficient (Wildman–Crippen LogP) is 5.44. The number of fused-ring (bicyclic) bond motifs is 2. The molecule has 236 valence electrons. The number of aryl methyl sites for hydroxylation is 2. The van der Waals surface area contributed by atoms with Crippen molar-refractivity contribution in [1.29, 1.82) is 0 Å². The maximum Gasteiger partial charge on any atom is 0.269 e. The van der Waals surface area contributed by atoms with Crippen molar-refractivity contribution in [2.24, 2.45) is 0 Å². The first-order chi connectivity index (χ1) is 21.8. The van der Waals surface area contributed by atoms with Crippen molar-refractivity contribution >= 4 is 32.9 Å². The van der Waals surface area contributed by atoms with Crippen molar-refractivity contribution in [2.45, 2.75) is 45.1 Å². The molecule has 0 aliphatic carbocycles. The van der Waals surface area contributed by atoms with Gasteiger partial charge in [0.15, 0.2) is 5.65 Å². The number of hydrogen-bond acceptors (Lipinski definition) is 7. The van der Waals surface area contributed by atoms with Gasteiger partial charge in [-0.05, 0) is 98.5 Å². The molecule has 0 atom stereocenters. The Morgan fingerprint density at radius 1 is 0.978 bits per heavy atom. The molecule has 0 spiro atoms. The van der Waals surface area contributed by atoms with E-state index in [0.717, 1.165) is 30.6 Å². The van der Waals surface area contributed by atoms with Crippen LogP contribution in [0.5, 0.6) is 0 Å². The van der Waals surface area contributed by atoms with E-state index in [-0.39, 0.29) is 28.7 Å². The Hall–Kier alpha value is -4.67. The molecule has 3 heterocycles. The Morgan fingerprint density at radius 3 is 2.41 bits per heavy atom. The van der Waals surface area contributed by atoms with Crippen molar-refractivity contribution < 1.29 is 18.0 Å². The van der Waals surface area contributed by atoms with Crippen LogP contribution >= 0.6 is 0 Å². The molecular formula is C36H37N5O4S. The van der Waals surface area contributed by atoms with Crippen LogP contribution in [0.3, 0.4) is 0 Å². The summed E-state index contributed by atoms with van der Waals surface area (Å²) >= 11 is 0. The molecule has 0 saturated heterocycles. The number of amides is 1. The Balaban J connectivity index is 1.58. The maximum absolute atomic E-state index is 14.0. The SMILES string of the molecule is CC(=O)Cc1cc(-c2cn(S(=O)(=O)c3ccc(C)cc3)c3ncc(-c4cc(C)c5c(c4)CN(C)CC5)nc23)ccc1C(=O)N(C)C. The molecule has 0 unspecified atom stereocenters. The number of Topliss-reactive ketones (excluding diaryl/α,β-unsaturated/α-hetero) is 1. The first kappa shape index (κ1) is 31.3. The number of benzene rings is 3. The molecule has 5 aromatic rings. The lowest BCUT2D eigenvalue weighted by molar-refractivity contribution is -0.116. The zero-order valence-electron chi connectivity index (χ0n) is 27.0. The molecule has 1 aliphatic rings. The molecule has 2 aromatic heterocycles. The number of ketones is 1. The monoisotopic (exact) mass is 635 g/mol. The lowest BCUT2D eigenvalue weighted by atomic mass is 9.92. The molecule has 3 aromatic carbocycles. The molecule has 0 N–H and O–H groups in total. The van der Waals surface area contributed by atoms with E-state index in [2.05, 4.69) is 31.0 Å². The predicted molar refractivity (Wildman–Crippen MR) is 179 cm³/mol. The Kier molecular flexibility index (Phi) is 8.12. The maximum atomic E-state index is 14.0. The smallest absolute Gasteiger partial charge is 0.269 e. The highest BCUT2D eigenvalue weighted by Crippen LogP contribution is 2.35. The molecule has 6 rings (SSSR count). The van der Waals surface area contributed by atoms with Crippen LogP contribution in [0.1, 0.15) is 45.1 Å². The highest BCUT2D eigenvalue weighted by Gasteiger charge is 2.26. The number of rotatable bonds is 7. The molecule has 1 amide bonds. The third-order valence-corrected chi connectivity index (χ3v) is 10.2. The van der Waals surface area contributed by atoms with Crippen LogP contribution in [0.15, 0.2) is 71.9 Å². The highest BCUT2D eigenvalue weighted by molar-refractivity contribution is 7.90. The fourth-order valence-electron chi connectivity index (χ4n) is 6.16. The molecule has 0 radical (unpaired) electrons. The number of carbonyl (C=O) groups excluding carboxylic acids is 2. The van der Waals surface area contributed by atoms with Crippen LogP contribution in [0.2, 0.25) is 0 Å². The zero-order chi connectivity index (χ0) is 32.9. The number of nitrogens with zero attached hydrogens (tertiary/aromatic N) is 5. The van der Waals surface area contributed by atoms with Crippen molar-refractivity contribution in [1.82, 2.24) is 23.7 Å². The first-order valence-corrected chi connectivity index (χ1v) is 16.6. The van der Waals surface area contributed by atoms with Gasteiger partial charge in [0.2, 0.25) is 0 Å². The summed E-state index contributed by atoms with van der Waals surface area (Å²) < 4.78 is 29.2. The topological polar surface area (TPSA) is 105 Å². The normalized spacial score (nSPS) is 13.5. The lowest BCUT2D eigenvalue weighted by Crippen LogP contribution is -2.27. The number of likely N-dealkylation sites (N-methyl/N-ethyl adjacent to an activating group) is 1. The molecule has 0 bridgehead atoms. The van der Waals surface area contributed by atoms with Crippen molar-refractivity contribution in [3.63, 3.8) is 0 Å². The molecule has 0 saturated carbocycles. The second kappa shape index (κ2) is 11.9. The van der Waals surface area contributed by atoms with E-state index in [1.165, 1.54) is 38.7 Å². The summed E-state index contributed by atoms with van der Waals surface area (Å²) in [7, 11) is 1.39. The second-order valence-electron chi connectivity index (χ2n) is 12.5. The van der Waals surface area contributed by atoms with E-state index < -0.39 is 10.0 Å². The van der Waals surface area contributed by atoms with Crippen LogP contribution in [0.4, 0.5) is 0 Å². The second-order valence-corrected chi connectivity index (χ2v) is 14.3. The van der Waals surface area contributed by atoms with E-state index in [1.54, 1.807) is 62.8 Å². The van der Waals surface area contributed by atoms with Crippen LogP contribution in [-0.4, -0.2) is 71.5 Å². The fraction of sp³-hybridized carbons (Fsp3) is 0.278. The number of hydrogen-bond donors (Lipinski definition) is 0. The van der Waals surface area contributed by atoms with Gasteiger partial charge in [0.1, 0.15) is 11.3 Å². The summed E-state index contributed by atoms with van der Waals surface area (Å²) in [6, 6.07) is 16.2. The minimum atomic E-state index is -4.04. The van der Waals surface area contributed by atoms with Gasteiger partial charge >= 0.3 is 0 Å². The Bertz CT molecular complexity index is 2130. The Morgan fingerprint density at radius 2 is 1.72 bits per heavy atom. The quantitative estimate of drug-likeness (QED) is 0.235. The van der Waals surface area contributed by atoms with Crippen molar-refractivity contribution in [3.05, 3.63) is 100 Å². The van der Waals surface area contributed by atoms with Gasteiger partial charge < -0.3 is 9.80 Å². The molecule has 46 heavy (non-hydrogen) atoms. The van der Waals surface area contributed by atoms with E-state index in [9.17, 15) is 18.0 Å². The standard InChI is InChI=1S/C36H37N5O4S/c1-22-7-10-29(11-8-22)46(44,45)41-21-32(25-9-12-31(36(43)39(4)5)26(17-25)16-24(3)42)34-35(41)37-19-33(38-34)27-15-23(2)30-13-14-40(6)20-28(30)18-27/h7-12,15,17-19,21H,13-14,16,20H2,1-6H3. The van der Waals surface area contributed by atoms with E-state index in [1.807, 2.05) is 6.92 Å². The zero-order valence-corrected chi connectivity index (χ0v) is 27.8. The van der Waals surface area contributed by atoms with Gasteiger partial charge in [-0.15, -0.1) is 0 Å². The van der Waals surface area contributed by atoms with Gasteiger partial charge in [0.05, 0.1) is 16.8 Å². The summed E-state index contributed by atoms with van der Waals surface area (Å²) in [6.07, 6.45) is 4.21. The van der Waals surface area contributed by atoms with Gasteiger partial charge in [-0.2, -0.15) is 0 Å². The highest BCUT2D eigenvalue weighted by atomic mass is 32.2. The average molecular weight is 636 g/mol. The number of aromatic nitrogens is 3. The summed E-state index contributed by atoms with van der Waals surface area (Å²) in [6.45, 7) is 7.34. The summed E-state index contributed by atoms with van der Waals surface area (Å²) in [5.41, 5.74) is 9.01. The minimum absolute atomic E-state index is 0.0584. The average Bonchev–Trinajstić information content (AvgIpc) is 3.40. The molecule has 9 nitrogen and oxygen atoms in total. The fourth-order valence-corrected chi connectivity index (χ4v) is 7.47. The van der Waals surface area contributed by atoms with Gasteiger partial charge in [-0.25, -0.2) is 22.4 Å². The lowest BCUT2D eigenvalue weighted by Gasteiger charge is -2.27. The van der Waals surface area contributed by atoms with E-state index in [4.69, 9.17) is 9.97 Å². The van der Waals surface area contributed by atoms with Crippen LogP contribution < -0.4 is 0 Å². The third kappa shape index (κ3) is 5.74. The van der Waals surface area contributed by atoms with Crippen LogP contribution in [-0.2, 0) is 34.2 Å². The summed E-state index contributed by atoms with van der Waals surface area (Å²) in [5, 5.41) is 0. The molecular weight excluding hydrogens is 598 g/mol. The third-order valence-electron chi connectivity index (χ3n) is 8.58. The van der Waals surface area contributed by atoms with E-state index >= 15 is 0 Å². The van der Waals surface area contributed by atoms with E-state index in [0.29, 0.717) is 33.5 Å². The molecule has 1 aliphatic heterocycles. The Labute approximate surface area is 269 Å². The van der Waals surface area contributed by atoms with Crippen molar-refractivity contribution in [3.8, 4) is 22.4 Å². The van der Waals surface area contributed by atoms with Crippen LogP contribution in [0, 0.1) is 13.8 Å². The van der Waals surface area contributed by atoms with Crippen molar-refractivity contribution in [2.75, 3.05) is 27.7 Å². The first-order valence-electron chi connectivity index (χ1n) is 15.2. The summed E-state index contributed by atoms with van der Waals surface area (Å²) in [4.78, 5) is 38.9. The van der Waals surface area contributed by atoms with Crippen LogP contribution in [0.25, 0.3) is 33.5 Å². The summed E-state index contributed by atoms with van der Waals surface area (Å²) in [5.74, 6) is -0.312. The van der Waals surface area contributed by atoms with Gasteiger partial charge in [-0.3, -0.25) is 9.59 Å². The minimum Gasteiger partial charge on any atom is -0.345 e. The van der Waals surface area contributed by atoms with Gasteiger partial charge in [0.25, 0.3) is 15.9 Å². The molecule has 10 heteroatoms. The molecule has 0 fully saturated rings. The largest absolute Gasteiger partial charge is 0.345 e. The van der Waals surface area contributed by atoms with Gasteiger partial charge in [0, 0.05) is 56.5 Å². The van der Waals surface area contributed by atoms with Gasteiger partial charge in [-0.1, -0.05) is 23.8 Å².